The number of hydrogen-bond acceptors (Lipinski definition) is 14. The summed E-state index contributed by atoms with van der Waals surface area (Å²) in [5.74, 6) is -1.52. The van der Waals surface area contributed by atoms with Gasteiger partial charge in [-0.25, -0.2) is 4.79 Å². The molecule has 3 N–H and O–H groups in total. The van der Waals surface area contributed by atoms with Crippen molar-refractivity contribution in [2.24, 2.45) is 0 Å². The quantitative estimate of drug-likeness (QED) is 0.0716. The summed E-state index contributed by atoms with van der Waals surface area (Å²) in [6.07, 6.45) is 2.51. The van der Waals surface area contributed by atoms with E-state index in [4.69, 9.17) is 52.5 Å². The first-order valence-electron chi connectivity index (χ1n) is 15.8. The number of ether oxygens (including phenoxy) is 11. The molecule has 0 aromatic rings. The van der Waals surface area contributed by atoms with Crippen molar-refractivity contribution in [1.82, 2.24) is 10.6 Å². The van der Waals surface area contributed by atoms with Crippen LogP contribution in [0.5, 0.6) is 0 Å². The van der Waals surface area contributed by atoms with Gasteiger partial charge >= 0.3 is 5.97 Å². The number of rotatable bonds is 35. The molecule has 1 heterocycles. The minimum absolute atomic E-state index is 0.299. The van der Waals surface area contributed by atoms with Crippen LogP contribution in [0.25, 0.3) is 0 Å². The highest BCUT2D eigenvalue weighted by atomic mass is 16.6. The van der Waals surface area contributed by atoms with E-state index in [0.29, 0.717) is 138 Å². The molecule has 0 unspecified atom stereocenters. The maximum absolute atomic E-state index is 11.4. The van der Waals surface area contributed by atoms with Crippen molar-refractivity contribution in [3.63, 3.8) is 0 Å². The van der Waals surface area contributed by atoms with Crippen molar-refractivity contribution >= 4 is 11.9 Å². The molecular weight excluding hydrogens is 600 g/mol. The number of nitrogens with one attached hydrogen (secondary N) is 2. The third-order valence-corrected chi connectivity index (χ3v) is 5.87. The summed E-state index contributed by atoms with van der Waals surface area (Å²) in [6, 6.07) is 0. The second kappa shape index (κ2) is 33.8. The predicted octanol–water partition coefficient (Wildman–Crippen LogP) is -0.878. The molecule has 16 nitrogen and oxygen atoms in total. The fourth-order valence-electron chi connectivity index (χ4n) is 3.64. The van der Waals surface area contributed by atoms with Gasteiger partial charge < -0.3 is 67.8 Å². The average Bonchev–Trinajstić information content (AvgIpc) is 3.04. The Morgan fingerprint density at radius 1 is 0.511 bits per heavy atom. The molecule has 1 saturated heterocycles. The highest BCUT2D eigenvalue weighted by Crippen LogP contribution is 2.06. The first-order valence-corrected chi connectivity index (χ1v) is 15.8. The zero-order chi connectivity index (χ0) is 32.3. The summed E-state index contributed by atoms with van der Waals surface area (Å²) < 4.78 is 59.4. The molecular formula is C29H56N2O14. The van der Waals surface area contributed by atoms with Crippen LogP contribution in [0.3, 0.4) is 0 Å². The molecule has 0 spiro atoms. The van der Waals surface area contributed by atoms with E-state index in [0.717, 1.165) is 25.9 Å². The molecule has 1 aliphatic rings. The van der Waals surface area contributed by atoms with Crippen molar-refractivity contribution < 1.29 is 66.8 Å². The molecule has 1 rings (SSSR count). The maximum Gasteiger partial charge on any atom is 0.329 e. The summed E-state index contributed by atoms with van der Waals surface area (Å²) in [5.41, 5.74) is 0. The van der Waals surface area contributed by atoms with Gasteiger partial charge in [-0.2, -0.15) is 0 Å². The molecule has 0 aromatic carbocycles. The second-order valence-electron chi connectivity index (χ2n) is 9.57. The lowest BCUT2D eigenvalue weighted by atomic mass is 10.1. The smallest absolute Gasteiger partial charge is 0.329 e. The van der Waals surface area contributed by atoms with E-state index >= 15 is 0 Å². The highest BCUT2D eigenvalue weighted by molar-refractivity contribution is 5.77. The van der Waals surface area contributed by atoms with Crippen LogP contribution in [0.1, 0.15) is 12.8 Å². The first kappa shape index (κ1) is 41.5. The van der Waals surface area contributed by atoms with Crippen molar-refractivity contribution in [3.8, 4) is 0 Å². The molecule has 266 valence electrons. The van der Waals surface area contributed by atoms with Crippen molar-refractivity contribution in [2.45, 2.75) is 18.9 Å². The van der Waals surface area contributed by atoms with E-state index in [2.05, 4.69) is 15.4 Å². The minimum Gasteiger partial charge on any atom is -0.480 e. The summed E-state index contributed by atoms with van der Waals surface area (Å²) >= 11 is 0. The van der Waals surface area contributed by atoms with Gasteiger partial charge in [-0.15, -0.1) is 0 Å². The predicted molar refractivity (Wildman–Crippen MR) is 161 cm³/mol. The first-order chi connectivity index (χ1) is 22.2. The van der Waals surface area contributed by atoms with Crippen LogP contribution in [0.15, 0.2) is 0 Å². The van der Waals surface area contributed by atoms with E-state index < -0.39 is 18.5 Å². The normalized spacial score (nSPS) is 13.8. The Morgan fingerprint density at radius 3 is 1.24 bits per heavy atom. The highest BCUT2D eigenvalue weighted by Gasteiger charge is 2.12. The fourth-order valence-corrected chi connectivity index (χ4v) is 3.64. The number of carboxylic acid groups (broad SMARTS) is 1. The molecule has 0 saturated carbocycles. The lowest BCUT2D eigenvalue weighted by molar-refractivity contribution is -0.143. The van der Waals surface area contributed by atoms with Gasteiger partial charge in [0.25, 0.3) is 0 Å². The summed E-state index contributed by atoms with van der Waals surface area (Å²) in [7, 11) is 0. The van der Waals surface area contributed by atoms with Gasteiger partial charge in [0.1, 0.15) is 13.2 Å². The zero-order valence-electron chi connectivity index (χ0n) is 26.7. The maximum atomic E-state index is 11.4. The Bertz CT molecular complexity index is 658. The van der Waals surface area contributed by atoms with Crippen LogP contribution >= 0.6 is 0 Å². The standard InChI is InChI=1S/C29H56N2O14/c32-28(25-44-26-29(33)34)31-5-6-35-7-8-36-9-10-37-11-12-38-13-14-39-15-16-40-17-18-41-19-20-42-21-22-43-23-24-45-27-1-3-30-4-2-27/h27,30H,1-26H2,(H,31,32)(H,33,34). The van der Waals surface area contributed by atoms with Gasteiger partial charge in [-0.05, 0) is 25.9 Å². The van der Waals surface area contributed by atoms with Crippen LogP contribution in [0, 0.1) is 0 Å². The van der Waals surface area contributed by atoms with Gasteiger partial charge in [-0.3, -0.25) is 4.79 Å². The molecule has 0 aliphatic carbocycles. The average molecular weight is 657 g/mol. The van der Waals surface area contributed by atoms with Crippen molar-refractivity contribution in [1.29, 1.82) is 0 Å². The number of carboxylic acids is 1. The van der Waals surface area contributed by atoms with Crippen LogP contribution < -0.4 is 10.6 Å². The molecule has 0 atom stereocenters. The van der Waals surface area contributed by atoms with Gasteiger partial charge in [0, 0.05) is 6.54 Å². The molecule has 1 amide bonds. The SMILES string of the molecule is O=C(O)COCC(=O)NCCOCCOCCOCCOCCOCCOCCOCCOCCOCCOC1CCNCC1. The Hall–Kier alpha value is -1.54. The number of hydrogen-bond donors (Lipinski definition) is 3. The number of carbonyl (C=O) groups is 2. The second-order valence-corrected chi connectivity index (χ2v) is 9.57. The Labute approximate surface area is 266 Å². The largest absolute Gasteiger partial charge is 0.480 e. The Kier molecular flexibility index (Phi) is 31.2. The molecule has 0 aromatic heterocycles. The van der Waals surface area contributed by atoms with Crippen molar-refractivity contribution in [2.75, 3.05) is 158 Å². The van der Waals surface area contributed by atoms with Crippen LogP contribution in [0.4, 0.5) is 0 Å². The van der Waals surface area contributed by atoms with Crippen LogP contribution in [-0.4, -0.2) is 181 Å². The van der Waals surface area contributed by atoms with E-state index in [9.17, 15) is 9.59 Å². The number of amides is 1. The molecule has 1 fully saturated rings. The van der Waals surface area contributed by atoms with Gasteiger partial charge in [0.2, 0.25) is 5.91 Å². The number of aliphatic carboxylic acids is 1. The van der Waals surface area contributed by atoms with Crippen LogP contribution in [-0.2, 0) is 61.7 Å². The number of piperidine rings is 1. The number of carbonyl (C=O) groups excluding carboxylic acids is 1. The van der Waals surface area contributed by atoms with Gasteiger partial charge in [0.15, 0.2) is 0 Å². The third kappa shape index (κ3) is 32.2. The zero-order valence-corrected chi connectivity index (χ0v) is 26.7. The van der Waals surface area contributed by atoms with E-state index in [1.165, 1.54) is 0 Å². The minimum atomic E-state index is -1.12. The summed E-state index contributed by atoms with van der Waals surface area (Å²) in [5, 5.41) is 14.3. The van der Waals surface area contributed by atoms with E-state index in [1.54, 1.807) is 0 Å². The Morgan fingerprint density at radius 2 is 0.867 bits per heavy atom. The summed E-state index contributed by atoms with van der Waals surface area (Å²) in [4.78, 5) is 21.6. The monoisotopic (exact) mass is 656 g/mol. The van der Waals surface area contributed by atoms with Gasteiger partial charge in [-0.1, -0.05) is 0 Å². The molecule has 0 bridgehead atoms. The van der Waals surface area contributed by atoms with E-state index in [-0.39, 0.29) is 6.61 Å². The topological polar surface area (TPSA) is 180 Å². The molecule has 0 radical (unpaired) electrons. The van der Waals surface area contributed by atoms with Crippen molar-refractivity contribution in [3.05, 3.63) is 0 Å². The third-order valence-electron chi connectivity index (χ3n) is 5.87. The lowest BCUT2D eigenvalue weighted by Crippen LogP contribution is -2.33. The molecule has 1 aliphatic heterocycles. The lowest BCUT2D eigenvalue weighted by Gasteiger charge is -2.22. The molecule has 45 heavy (non-hydrogen) atoms. The van der Waals surface area contributed by atoms with E-state index in [1.807, 2.05) is 0 Å². The fraction of sp³-hybridized carbons (Fsp3) is 0.931. The van der Waals surface area contributed by atoms with Gasteiger partial charge in [0.05, 0.1) is 132 Å². The van der Waals surface area contributed by atoms with Crippen LogP contribution in [0.2, 0.25) is 0 Å². The summed E-state index contributed by atoms with van der Waals surface area (Å²) in [6.45, 7) is 10.8. The Balaban J connectivity index is 1.62. The molecule has 16 heteroatoms.